The van der Waals surface area contributed by atoms with Crippen LogP contribution in [0.4, 0.5) is 22.7 Å². The first kappa shape index (κ1) is 22.3. The molecule has 0 amide bonds. The third-order valence-electron chi connectivity index (χ3n) is 4.14. The van der Waals surface area contributed by atoms with Gasteiger partial charge in [0.2, 0.25) is 0 Å². The minimum Gasteiger partial charge on any atom is -0.505 e. The molecule has 0 aromatic heterocycles. The van der Waals surface area contributed by atoms with E-state index in [9.17, 15) is 20.0 Å². The zero-order valence-electron chi connectivity index (χ0n) is 16.6. The van der Waals surface area contributed by atoms with Crippen LogP contribution < -0.4 is 4.90 Å². The Bertz CT molecular complexity index is 1000. The number of carbonyl (C=O) groups is 1. The van der Waals surface area contributed by atoms with Crippen LogP contribution in [0.5, 0.6) is 5.75 Å². The molecule has 1 N–H and O–H groups in total. The Kier molecular flexibility index (Phi) is 7.82. The zero-order valence-corrected chi connectivity index (χ0v) is 16.6. The van der Waals surface area contributed by atoms with Crippen LogP contribution in [-0.2, 0) is 9.53 Å². The lowest BCUT2D eigenvalue weighted by Crippen LogP contribution is -2.29. The maximum absolute atomic E-state index is 11.0. The molecule has 0 unspecified atom stereocenters. The number of benzene rings is 2. The monoisotopic (exact) mass is 411 g/mol. The van der Waals surface area contributed by atoms with Crippen molar-refractivity contribution in [2.24, 2.45) is 10.2 Å². The van der Waals surface area contributed by atoms with Gasteiger partial charge < -0.3 is 14.7 Å². The van der Waals surface area contributed by atoms with Crippen molar-refractivity contribution in [1.29, 1.82) is 5.26 Å². The number of nitro benzene ring substituents is 1. The molecule has 10 heteroatoms. The molecule has 0 bridgehead atoms. The molecule has 2 rings (SSSR count). The number of azo groups is 1. The average Bonchev–Trinajstić information content (AvgIpc) is 2.70. The lowest BCUT2D eigenvalue weighted by Gasteiger charge is -2.24. The topological polar surface area (TPSA) is 141 Å². The van der Waals surface area contributed by atoms with Gasteiger partial charge in [0.25, 0.3) is 5.69 Å². The lowest BCUT2D eigenvalue weighted by atomic mass is 10.1. The van der Waals surface area contributed by atoms with Crippen molar-refractivity contribution in [1.82, 2.24) is 0 Å². The van der Waals surface area contributed by atoms with Gasteiger partial charge in [-0.2, -0.15) is 10.4 Å². The average molecular weight is 411 g/mol. The molecular weight excluding hydrogens is 390 g/mol. The number of phenols is 1. The van der Waals surface area contributed by atoms with Crippen LogP contribution in [0, 0.1) is 28.4 Å². The number of rotatable bonds is 9. The summed E-state index contributed by atoms with van der Waals surface area (Å²) in [6.07, 6.45) is 0.319. The molecule has 156 valence electrons. The Hall–Kier alpha value is -4.00. The van der Waals surface area contributed by atoms with Crippen LogP contribution >= 0.6 is 0 Å². The first-order valence-electron chi connectivity index (χ1n) is 9.07. The van der Waals surface area contributed by atoms with Gasteiger partial charge in [-0.3, -0.25) is 14.9 Å². The van der Waals surface area contributed by atoms with Crippen molar-refractivity contribution >= 4 is 28.7 Å². The van der Waals surface area contributed by atoms with Crippen LogP contribution in [-0.4, -0.2) is 35.7 Å². The Morgan fingerprint density at radius 2 is 1.93 bits per heavy atom. The fraction of sp³-hybridized carbons (Fsp3) is 0.300. The molecule has 10 nitrogen and oxygen atoms in total. The normalized spacial score (nSPS) is 10.6. The number of ether oxygens (including phenoxy) is 1. The van der Waals surface area contributed by atoms with Crippen molar-refractivity contribution in [3.63, 3.8) is 0 Å². The molecule has 0 atom stereocenters. The molecule has 0 aliphatic carbocycles. The number of anilines is 1. The Morgan fingerprint density at radius 3 is 2.53 bits per heavy atom. The number of carbonyl (C=O) groups excluding carboxylic acids is 1. The molecule has 0 saturated heterocycles. The standard InChI is InChI=1S/C20H21N5O5/c1-14-12-16(24(9-3-8-21)10-11-30-15(2)26)4-6-18(14)22-23-19-7-5-17(25(28)29)13-20(19)27/h4-7,12-13,27H,3,9-11H2,1-2H3. The summed E-state index contributed by atoms with van der Waals surface area (Å²) in [5, 5.41) is 37.6. The smallest absolute Gasteiger partial charge is 0.302 e. The van der Waals surface area contributed by atoms with E-state index in [0.29, 0.717) is 25.2 Å². The van der Waals surface area contributed by atoms with Crippen molar-refractivity contribution in [2.45, 2.75) is 20.3 Å². The van der Waals surface area contributed by atoms with Gasteiger partial charge in [-0.25, -0.2) is 0 Å². The highest BCUT2D eigenvalue weighted by Gasteiger charge is 2.11. The second-order valence-electron chi connectivity index (χ2n) is 6.34. The van der Waals surface area contributed by atoms with Gasteiger partial charge in [-0.05, 0) is 36.8 Å². The summed E-state index contributed by atoms with van der Waals surface area (Å²) < 4.78 is 4.99. The summed E-state index contributed by atoms with van der Waals surface area (Å²) in [6.45, 7) is 4.31. The molecule has 2 aromatic rings. The summed E-state index contributed by atoms with van der Waals surface area (Å²) in [6, 6.07) is 11.1. The van der Waals surface area contributed by atoms with E-state index in [1.807, 2.05) is 24.0 Å². The molecule has 2 aromatic carbocycles. The first-order chi connectivity index (χ1) is 14.3. The van der Waals surface area contributed by atoms with Gasteiger partial charge in [0.1, 0.15) is 18.0 Å². The number of aromatic hydroxyl groups is 1. The minimum atomic E-state index is -0.608. The van der Waals surface area contributed by atoms with Gasteiger partial charge in [0.15, 0.2) is 0 Å². The molecule has 0 heterocycles. The lowest BCUT2D eigenvalue weighted by molar-refractivity contribution is -0.384. The quantitative estimate of drug-likeness (QED) is 0.280. The van der Waals surface area contributed by atoms with Gasteiger partial charge in [0, 0.05) is 25.2 Å². The summed E-state index contributed by atoms with van der Waals surface area (Å²) in [7, 11) is 0. The number of hydrogen-bond donors (Lipinski definition) is 1. The van der Waals surface area contributed by atoms with Gasteiger partial charge in [-0.1, -0.05) is 0 Å². The first-order valence-corrected chi connectivity index (χ1v) is 9.07. The van der Waals surface area contributed by atoms with E-state index in [0.717, 1.165) is 17.3 Å². The maximum atomic E-state index is 11.0. The number of nitriles is 1. The Labute approximate surface area is 173 Å². The third kappa shape index (κ3) is 6.27. The van der Waals surface area contributed by atoms with Gasteiger partial charge >= 0.3 is 5.97 Å². The molecule has 0 saturated carbocycles. The van der Waals surface area contributed by atoms with Crippen LogP contribution in [0.1, 0.15) is 18.9 Å². The van der Waals surface area contributed by atoms with Crippen molar-refractivity contribution in [3.8, 4) is 11.8 Å². The largest absolute Gasteiger partial charge is 0.505 e. The second-order valence-corrected chi connectivity index (χ2v) is 6.34. The highest BCUT2D eigenvalue weighted by atomic mass is 16.6. The molecule has 0 radical (unpaired) electrons. The number of non-ortho nitro benzene ring substituents is 1. The number of esters is 1. The molecule has 0 fully saturated rings. The number of nitro groups is 1. The van der Waals surface area contributed by atoms with Crippen LogP contribution in [0.3, 0.4) is 0 Å². The SMILES string of the molecule is CC(=O)OCCN(CCC#N)c1ccc(N=Nc2ccc([N+](=O)[O-])cc2O)c(C)c1. The Balaban J connectivity index is 2.18. The molecule has 0 aliphatic rings. The van der Waals surface area contributed by atoms with Crippen LogP contribution in [0.15, 0.2) is 46.6 Å². The Morgan fingerprint density at radius 1 is 1.23 bits per heavy atom. The number of aryl methyl sites for hydroxylation is 1. The van der Waals surface area contributed by atoms with Gasteiger partial charge in [0.05, 0.1) is 35.7 Å². The molecule has 0 aliphatic heterocycles. The summed E-state index contributed by atoms with van der Waals surface area (Å²) in [5.74, 6) is -0.702. The van der Waals surface area contributed by atoms with Crippen molar-refractivity contribution in [3.05, 3.63) is 52.1 Å². The summed E-state index contributed by atoms with van der Waals surface area (Å²) in [4.78, 5) is 23.0. The predicted molar refractivity (Wildman–Crippen MR) is 109 cm³/mol. The number of phenolic OH excluding ortho intramolecular Hbond substituents is 1. The van der Waals surface area contributed by atoms with E-state index in [4.69, 9.17) is 10.00 Å². The zero-order chi connectivity index (χ0) is 22.1. The van der Waals surface area contributed by atoms with E-state index >= 15 is 0 Å². The van der Waals surface area contributed by atoms with E-state index in [1.54, 1.807) is 6.07 Å². The molecular formula is C20H21N5O5. The van der Waals surface area contributed by atoms with E-state index in [-0.39, 0.29) is 29.7 Å². The van der Waals surface area contributed by atoms with Crippen LogP contribution in [0.2, 0.25) is 0 Å². The van der Waals surface area contributed by atoms with E-state index in [2.05, 4.69) is 16.3 Å². The molecule has 0 spiro atoms. The van der Waals surface area contributed by atoms with Crippen LogP contribution in [0.25, 0.3) is 0 Å². The minimum absolute atomic E-state index is 0.112. The highest BCUT2D eigenvalue weighted by Crippen LogP contribution is 2.33. The predicted octanol–water partition coefficient (Wildman–Crippen LogP) is 4.31. The molecule has 30 heavy (non-hydrogen) atoms. The highest BCUT2D eigenvalue weighted by molar-refractivity contribution is 5.66. The number of hydrogen-bond acceptors (Lipinski definition) is 9. The fourth-order valence-corrected chi connectivity index (χ4v) is 2.62. The van der Waals surface area contributed by atoms with Crippen molar-refractivity contribution < 1.29 is 19.6 Å². The number of nitrogens with zero attached hydrogens (tertiary/aromatic N) is 5. The van der Waals surface area contributed by atoms with E-state index < -0.39 is 4.92 Å². The summed E-state index contributed by atoms with van der Waals surface area (Å²) in [5.41, 5.74) is 2.06. The van der Waals surface area contributed by atoms with Gasteiger partial charge in [-0.15, -0.1) is 5.11 Å². The fourth-order valence-electron chi connectivity index (χ4n) is 2.62. The third-order valence-corrected chi connectivity index (χ3v) is 4.14. The van der Waals surface area contributed by atoms with Crippen molar-refractivity contribution in [2.75, 3.05) is 24.6 Å². The maximum Gasteiger partial charge on any atom is 0.302 e. The second kappa shape index (κ2) is 10.5. The summed E-state index contributed by atoms with van der Waals surface area (Å²) >= 11 is 0. The van der Waals surface area contributed by atoms with E-state index in [1.165, 1.54) is 19.1 Å².